The molecule has 1 N–H and O–H groups in total. The number of carboxylic acid groups (broad SMARTS) is 1. The van der Waals surface area contributed by atoms with Crippen LogP contribution in [0.2, 0.25) is 0 Å². The molecule has 0 bridgehead atoms. The van der Waals surface area contributed by atoms with E-state index in [9.17, 15) is 14.7 Å². The standard InChI is InChI=1S/C16H22N2O4S/c1-4-22-15(19)11-7-9-18(16(20)21)14(11)13-12(23-10(2)3)6-5-8-17-13/h5-6,8,10-11,14H,4,7,9H2,1-3H3,(H,20,21). The van der Waals surface area contributed by atoms with Crippen molar-refractivity contribution in [3.8, 4) is 0 Å². The van der Waals surface area contributed by atoms with Gasteiger partial charge in [0.25, 0.3) is 0 Å². The van der Waals surface area contributed by atoms with Crippen molar-refractivity contribution in [3.63, 3.8) is 0 Å². The summed E-state index contributed by atoms with van der Waals surface area (Å²) in [4.78, 5) is 30.5. The van der Waals surface area contributed by atoms with Crippen LogP contribution < -0.4 is 0 Å². The van der Waals surface area contributed by atoms with E-state index < -0.39 is 18.1 Å². The Morgan fingerprint density at radius 2 is 2.26 bits per heavy atom. The highest BCUT2D eigenvalue weighted by Crippen LogP contribution is 2.41. The van der Waals surface area contributed by atoms with E-state index in [1.54, 1.807) is 24.9 Å². The van der Waals surface area contributed by atoms with Crippen LogP contribution in [-0.2, 0) is 9.53 Å². The van der Waals surface area contributed by atoms with Gasteiger partial charge in [0.05, 0.1) is 24.3 Å². The summed E-state index contributed by atoms with van der Waals surface area (Å²) in [6, 6.07) is 3.16. The number of amides is 1. The minimum atomic E-state index is -1.03. The second kappa shape index (κ2) is 7.68. The van der Waals surface area contributed by atoms with Gasteiger partial charge in [-0.25, -0.2) is 4.79 Å². The van der Waals surface area contributed by atoms with Crippen LogP contribution in [-0.4, -0.2) is 45.5 Å². The highest BCUT2D eigenvalue weighted by Gasteiger charge is 2.44. The van der Waals surface area contributed by atoms with Crippen LogP contribution in [0.5, 0.6) is 0 Å². The Kier molecular flexibility index (Phi) is 5.87. The summed E-state index contributed by atoms with van der Waals surface area (Å²) in [6.45, 7) is 6.47. The van der Waals surface area contributed by atoms with Gasteiger partial charge >= 0.3 is 12.1 Å². The monoisotopic (exact) mass is 338 g/mol. The zero-order chi connectivity index (χ0) is 17.0. The molecule has 1 fully saturated rings. The molecule has 0 saturated carbocycles. The molecule has 0 aliphatic carbocycles. The van der Waals surface area contributed by atoms with Crippen LogP contribution in [0.3, 0.4) is 0 Å². The first-order valence-corrected chi connectivity index (χ1v) is 8.61. The third-order valence-corrected chi connectivity index (χ3v) is 4.75. The second-order valence-corrected chi connectivity index (χ2v) is 7.24. The van der Waals surface area contributed by atoms with Crippen molar-refractivity contribution in [1.82, 2.24) is 9.88 Å². The molecule has 1 aliphatic heterocycles. The Bertz CT molecular complexity index is 579. The SMILES string of the molecule is CCOC(=O)C1CCN(C(=O)O)C1c1ncccc1SC(C)C. The second-order valence-electron chi connectivity index (χ2n) is 5.62. The average Bonchev–Trinajstić information content (AvgIpc) is 2.92. The summed E-state index contributed by atoms with van der Waals surface area (Å²) in [5.74, 6) is -0.861. The number of thioether (sulfide) groups is 1. The molecule has 1 aromatic rings. The molecular weight excluding hydrogens is 316 g/mol. The average molecular weight is 338 g/mol. The highest BCUT2D eigenvalue weighted by molar-refractivity contribution is 8.00. The molecule has 1 aliphatic rings. The number of ether oxygens (including phenoxy) is 1. The van der Waals surface area contributed by atoms with E-state index in [1.807, 2.05) is 12.1 Å². The van der Waals surface area contributed by atoms with Crippen LogP contribution in [0.1, 0.15) is 38.9 Å². The molecule has 2 heterocycles. The number of carbonyl (C=O) groups is 2. The van der Waals surface area contributed by atoms with Gasteiger partial charge in [-0.15, -0.1) is 11.8 Å². The van der Waals surface area contributed by atoms with Crippen LogP contribution >= 0.6 is 11.8 Å². The van der Waals surface area contributed by atoms with E-state index in [0.29, 0.717) is 23.9 Å². The van der Waals surface area contributed by atoms with Gasteiger partial charge < -0.3 is 9.84 Å². The summed E-state index contributed by atoms with van der Waals surface area (Å²) in [6.07, 6.45) is 1.06. The first-order valence-electron chi connectivity index (χ1n) is 7.73. The number of likely N-dealkylation sites (tertiary alicyclic amines) is 1. The van der Waals surface area contributed by atoms with Crippen LogP contribution in [0.15, 0.2) is 23.2 Å². The van der Waals surface area contributed by atoms with Gasteiger partial charge in [0.15, 0.2) is 0 Å². The number of esters is 1. The number of carbonyl (C=O) groups excluding carboxylic acids is 1. The van der Waals surface area contributed by atoms with Gasteiger partial charge in [-0.05, 0) is 25.5 Å². The van der Waals surface area contributed by atoms with Crippen molar-refractivity contribution in [2.75, 3.05) is 13.2 Å². The molecule has 0 aromatic carbocycles. The first-order chi connectivity index (χ1) is 11.0. The van der Waals surface area contributed by atoms with E-state index in [2.05, 4.69) is 18.8 Å². The van der Waals surface area contributed by atoms with Crippen molar-refractivity contribution in [3.05, 3.63) is 24.0 Å². The van der Waals surface area contributed by atoms with E-state index in [-0.39, 0.29) is 12.6 Å². The van der Waals surface area contributed by atoms with E-state index in [4.69, 9.17) is 4.74 Å². The first kappa shape index (κ1) is 17.6. The lowest BCUT2D eigenvalue weighted by Gasteiger charge is -2.26. The quantitative estimate of drug-likeness (QED) is 0.656. The van der Waals surface area contributed by atoms with Gasteiger partial charge in [-0.2, -0.15) is 0 Å². The normalized spacial score (nSPS) is 20.8. The van der Waals surface area contributed by atoms with Gasteiger partial charge in [-0.3, -0.25) is 14.7 Å². The fraction of sp³-hybridized carbons (Fsp3) is 0.562. The molecule has 0 radical (unpaired) electrons. The third kappa shape index (κ3) is 3.96. The number of nitrogens with zero attached hydrogens (tertiary/aromatic N) is 2. The van der Waals surface area contributed by atoms with Crippen LogP contribution in [0.25, 0.3) is 0 Å². The Labute approximate surface area is 140 Å². The molecule has 126 valence electrons. The molecule has 1 saturated heterocycles. The minimum Gasteiger partial charge on any atom is -0.466 e. The molecule has 7 heteroatoms. The fourth-order valence-corrected chi connectivity index (χ4v) is 3.78. The van der Waals surface area contributed by atoms with E-state index >= 15 is 0 Å². The zero-order valence-electron chi connectivity index (χ0n) is 13.6. The number of rotatable bonds is 5. The lowest BCUT2D eigenvalue weighted by Crippen LogP contribution is -2.34. The number of hydrogen-bond donors (Lipinski definition) is 1. The topological polar surface area (TPSA) is 79.7 Å². The Morgan fingerprint density at radius 3 is 2.87 bits per heavy atom. The molecule has 2 atom stereocenters. The van der Waals surface area contributed by atoms with Gasteiger partial charge in [0.1, 0.15) is 0 Å². The fourth-order valence-electron chi connectivity index (χ4n) is 2.82. The predicted molar refractivity (Wildman–Crippen MR) is 87.4 cm³/mol. The Hall–Kier alpha value is -1.76. The van der Waals surface area contributed by atoms with Crippen LogP contribution in [0.4, 0.5) is 4.79 Å². The van der Waals surface area contributed by atoms with Gasteiger partial charge in [0, 0.05) is 22.9 Å². The largest absolute Gasteiger partial charge is 0.466 e. The van der Waals surface area contributed by atoms with Crippen molar-refractivity contribution in [2.24, 2.45) is 5.92 Å². The predicted octanol–water partition coefficient (Wildman–Crippen LogP) is 3.19. The maximum Gasteiger partial charge on any atom is 0.407 e. The molecule has 2 rings (SSSR count). The lowest BCUT2D eigenvalue weighted by atomic mass is 9.97. The van der Waals surface area contributed by atoms with Gasteiger partial charge in [0.2, 0.25) is 0 Å². The highest BCUT2D eigenvalue weighted by atomic mass is 32.2. The minimum absolute atomic E-state index is 0.283. The zero-order valence-corrected chi connectivity index (χ0v) is 14.4. The molecular formula is C16H22N2O4S. The van der Waals surface area contributed by atoms with Gasteiger partial charge in [-0.1, -0.05) is 13.8 Å². The maximum absolute atomic E-state index is 12.3. The maximum atomic E-state index is 12.3. The molecule has 1 amide bonds. The van der Waals surface area contributed by atoms with Crippen LogP contribution in [0, 0.1) is 5.92 Å². The molecule has 23 heavy (non-hydrogen) atoms. The molecule has 2 unspecified atom stereocenters. The van der Waals surface area contributed by atoms with E-state index in [1.165, 1.54) is 4.90 Å². The molecule has 1 aromatic heterocycles. The summed E-state index contributed by atoms with van der Waals surface area (Å²) in [7, 11) is 0. The van der Waals surface area contributed by atoms with Crippen molar-refractivity contribution < 1.29 is 19.4 Å². The smallest absolute Gasteiger partial charge is 0.407 e. The number of pyridine rings is 1. The lowest BCUT2D eigenvalue weighted by molar-refractivity contribution is -0.148. The summed E-state index contributed by atoms with van der Waals surface area (Å²) in [5, 5.41) is 9.82. The third-order valence-electron chi connectivity index (χ3n) is 3.68. The number of aromatic nitrogens is 1. The molecule has 6 nitrogen and oxygen atoms in total. The molecule has 0 spiro atoms. The Balaban J connectivity index is 2.41. The summed E-state index contributed by atoms with van der Waals surface area (Å²) >= 11 is 1.62. The Morgan fingerprint density at radius 1 is 1.52 bits per heavy atom. The van der Waals surface area contributed by atoms with Crippen molar-refractivity contribution in [1.29, 1.82) is 0 Å². The summed E-state index contributed by atoms with van der Waals surface area (Å²) < 4.78 is 5.13. The van der Waals surface area contributed by atoms with Crippen molar-refractivity contribution in [2.45, 2.75) is 43.4 Å². The summed E-state index contributed by atoms with van der Waals surface area (Å²) in [5.41, 5.74) is 0.643. The van der Waals surface area contributed by atoms with E-state index in [0.717, 1.165) is 4.90 Å². The number of hydrogen-bond acceptors (Lipinski definition) is 5. The van der Waals surface area contributed by atoms with Crippen molar-refractivity contribution >= 4 is 23.8 Å².